The van der Waals surface area contributed by atoms with Gasteiger partial charge in [-0.2, -0.15) is 18.3 Å². The van der Waals surface area contributed by atoms with Gasteiger partial charge in [-0.1, -0.05) is 48.5 Å². The second-order valence-electron chi connectivity index (χ2n) is 6.77. The third-order valence-electron chi connectivity index (χ3n) is 4.61. The summed E-state index contributed by atoms with van der Waals surface area (Å²) in [5, 5.41) is 6.85. The number of aryl methyl sites for hydroxylation is 1. The molecule has 0 aliphatic carbocycles. The number of alkyl halides is 3. The number of carbonyl (C=O) groups is 1. The van der Waals surface area contributed by atoms with E-state index in [4.69, 9.17) is 4.74 Å². The van der Waals surface area contributed by atoms with E-state index in [1.54, 1.807) is 6.92 Å². The van der Waals surface area contributed by atoms with Crippen LogP contribution < -0.4 is 5.32 Å². The van der Waals surface area contributed by atoms with Crippen molar-refractivity contribution >= 4 is 17.4 Å². The summed E-state index contributed by atoms with van der Waals surface area (Å²) in [5.74, 6) is 0. The maximum Gasteiger partial charge on any atom is 0.417 e. The predicted molar refractivity (Wildman–Crippen MR) is 108 cm³/mol. The van der Waals surface area contributed by atoms with Crippen molar-refractivity contribution in [1.29, 1.82) is 0 Å². The van der Waals surface area contributed by atoms with Gasteiger partial charge in [0.05, 0.1) is 17.0 Å². The number of carbonyl (C=O) groups excluding carboxylic acids is 1. The molecular weight excluding hydrogens is 409 g/mol. The van der Waals surface area contributed by atoms with Gasteiger partial charge in [0.15, 0.2) is 5.65 Å². The van der Waals surface area contributed by atoms with Crippen molar-refractivity contribution in [1.82, 2.24) is 14.6 Å². The number of halogens is 3. The van der Waals surface area contributed by atoms with Crippen LogP contribution in [0.5, 0.6) is 0 Å². The molecule has 2 heterocycles. The van der Waals surface area contributed by atoms with Crippen LogP contribution in [0.2, 0.25) is 0 Å². The van der Waals surface area contributed by atoms with Crippen LogP contribution in [0.1, 0.15) is 16.8 Å². The molecule has 0 bridgehead atoms. The first kappa shape index (κ1) is 20.4. The lowest BCUT2D eigenvalue weighted by atomic mass is 10.0. The molecule has 2 aromatic heterocycles. The summed E-state index contributed by atoms with van der Waals surface area (Å²) in [6, 6.07) is 15.8. The third-order valence-corrected chi connectivity index (χ3v) is 4.61. The molecule has 1 amide bonds. The van der Waals surface area contributed by atoms with Gasteiger partial charge in [0.1, 0.15) is 12.3 Å². The van der Waals surface area contributed by atoms with Gasteiger partial charge in [0.25, 0.3) is 0 Å². The van der Waals surface area contributed by atoms with Gasteiger partial charge in [-0.3, -0.25) is 5.32 Å². The van der Waals surface area contributed by atoms with Crippen molar-refractivity contribution in [3.63, 3.8) is 0 Å². The van der Waals surface area contributed by atoms with Crippen molar-refractivity contribution in [2.45, 2.75) is 19.7 Å². The molecule has 0 aliphatic rings. The minimum atomic E-state index is -4.52. The molecule has 2 aromatic carbocycles. The number of anilines is 1. The van der Waals surface area contributed by atoms with Crippen molar-refractivity contribution in [3.05, 3.63) is 83.7 Å². The number of aromatic nitrogens is 3. The lowest BCUT2D eigenvalue weighted by molar-refractivity contribution is -0.137. The molecular formula is C22H17F3N4O2. The third kappa shape index (κ3) is 4.35. The number of nitrogens with zero attached hydrogens (tertiary/aromatic N) is 3. The fourth-order valence-corrected chi connectivity index (χ4v) is 3.15. The second kappa shape index (κ2) is 8.10. The average molecular weight is 426 g/mol. The van der Waals surface area contributed by atoms with E-state index >= 15 is 0 Å². The number of ether oxygens (including phenoxy) is 1. The van der Waals surface area contributed by atoms with E-state index in [0.717, 1.165) is 11.6 Å². The minimum Gasteiger partial charge on any atom is -0.444 e. The first-order valence-electron chi connectivity index (χ1n) is 9.33. The molecule has 0 radical (unpaired) electrons. The molecule has 0 spiro atoms. The Morgan fingerprint density at radius 1 is 1.06 bits per heavy atom. The van der Waals surface area contributed by atoms with Gasteiger partial charge in [-0.05, 0) is 24.6 Å². The van der Waals surface area contributed by atoms with Crippen LogP contribution in [-0.2, 0) is 17.5 Å². The number of hydrogen-bond donors (Lipinski definition) is 1. The summed E-state index contributed by atoms with van der Waals surface area (Å²) < 4.78 is 46.8. The molecule has 0 saturated carbocycles. The van der Waals surface area contributed by atoms with Gasteiger partial charge >= 0.3 is 12.3 Å². The van der Waals surface area contributed by atoms with E-state index in [1.807, 2.05) is 30.3 Å². The number of amides is 1. The Labute approximate surface area is 175 Å². The Balaban J connectivity index is 1.64. The SMILES string of the molecule is Cc1nn2ccc(-c3ccccc3C(F)(F)F)nc2c1NC(=O)OCc1ccccc1. The van der Waals surface area contributed by atoms with Crippen LogP contribution in [0.4, 0.5) is 23.7 Å². The van der Waals surface area contributed by atoms with Gasteiger partial charge in [-0.15, -0.1) is 0 Å². The minimum absolute atomic E-state index is 0.0612. The quantitative estimate of drug-likeness (QED) is 0.470. The smallest absolute Gasteiger partial charge is 0.417 e. The van der Waals surface area contributed by atoms with E-state index in [9.17, 15) is 18.0 Å². The molecule has 4 aromatic rings. The van der Waals surface area contributed by atoms with Gasteiger partial charge in [0, 0.05) is 11.8 Å². The highest BCUT2D eigenvalue weighted by atomic mass is 19.4. The molecule has 1 N–H and O–H groups in total. The zero-order valence-electron chi connectivity index (χ0n) is 16.3. The summed E-state index contributed by atoms with van der Waals surface area (Å²) in [6.07, 6.45) is -3.74. The summed E-state index contributed by atoms with van der Waals surface area (Å²) in [6.45, 7) is 1.73. The van der Waals surface area contributed by atoms with Gasteiger partial charge < -0.3 is 4.74 Å². The second-order valence-corrected chi connectivity index (χ2v) is 6.77. The molecule has 158 valence electrons. The van der Waals surface area contributed by atoms with E-state index < -0.39 is 17.8 Å². The maximum absolute atomic E-state index is 13.4. The molecule has 0 atom stereocenters. The highest BCUT2D eigenvalue weighted by Crippen LogP contribution is 2.36. The van der Waals surface area contributed by atoms with Crippen LogP contribution in [0.3, 0.4) is 0 Å². The summed E-state index contributed by atoms with van der Waals surface area (Å²) in [7, 11) is 0. The standard InChI is InChI=1S/C22H17F3N4O2/c1-14-19(27-21(30)31-13-15-7-3-2-4-8-15)20-26-18(11-12-29(20)28-14)16-9-5-6-10-17(16)22(23,24)25/h2-12H,13H2,1H3,(H,27,30). The number of nitrogens with one attached hydrogen (secondary N) is 1. The number of rotatable bonds is 4. The molecule has 31 heavy (non-hydrogen) atoms. The van der Waals surface area contributed by atoms with Gasteiger partial charge in [0.2, 0.25) is 0 Å². The molecule has 0 saturated heterocycles. The number of hydrogen-bond acceptors (Lipinski definition) is 4. The van der Waals surface area contributed by atoms with Crippen LogP contribution in [0.15, 0.2) is 66.9 Å². The summed E-state index contributed by atoms with van der Waals surface area (Å²) in [5.41, 5.74) is 1.01. The fraction of sp³-hybridized carbons (Fsp3) is 0.136. The Kier molecular flexibility index (Phi) is 5.33. The normalized spacial score (nSPS) is 11.5. The average Bonchev–Trinajstić information content (AvgIpc) is 3.07. The molecule has 6 nitrogen and oxygen atoms in total. The Morgan fingerprint density at radius 3 is 2.52 bits per heavy atom. The largest absolute Gasteiger partial charge is 0.444 e. The van der Waals surface area contributed by atoms with E-state index in [0.29, 0.717) is 5.69 Å². The number of benzene rings is 2. The van der Waals surface area contributed by atoms with Gasteiger partial charge in [-0.25, -0.2) is 14.3 Å². The molecule has 0 unspecified atom stereocenters. The Bertz CT molecular complexity index is 1240. The van der Waals surface area contributed by atoms with E-state index in [-0.39, 0.29) is 29.2 Å². The van der Waals surface area contributed by atoms with Crippen molar-refractivity contribution in [3.8, 4) is 11.3 Å². The zero-order chi connectivity index (χ0) is 22.0. The van der Waals surface area contributed by atoms with Crippen LogP contribution in [-0.4, -0.2) is 20.7 Å². The highest BCUT2D eigenvalue weighted by molar-refractivity contribution is 5.91. The molecule has 0 aliphatic heterocycles. The lowest BCUT2D eigenvalue weighted by Crippen LogP contribution is -2.14. The summed E-state index contributed by atoms with van der Waals surface area (Å²) in [4.78, 5) is 16.6. The maximum atomic E-state index is 13.4. The zero-order valence-corrected chi connectivity index (χ0v) is 16.3. The topological polar surface area (TPSA) is 68.5 Å². The Hall–Kier alpha value is -3.88. The predicted octanol–water partition coefficient (Wildman–Crippen LogP) is 5.47. The first-order valence-corrected chi connectivity index (χ1v) is 9.33. The van der Waals surface area contributed by atoms with Crippen molar-refractivity contribution in [2.75, 3.05) is 5.32 Å². The number of fused-ring (bicyclic) bond motifs is 1. The molecule has 9 heteroatoms. The highest BCUT2D eigenvalue weighted by Gasteiger charge is 2.33. The monoisotopic (exact) mass is 426 g/mol. The van der Waals surface area contributed by atoms with Crippen LogP contribution in [0.25, 0.3) is 16.9 Å². The van der Waals surface area contributed by atoms with E-state index in [1.165, 1.54) is 35.0 Å². The molecule has 0 fully saturated rings. The Morgan fingerprint density at radius 2 is 1.77 bits per heavy atom. The summed E-state index contributed by atoms with van der Waals surface area (Å²) >= 11 is 0. The van der Waals surface area contributed by atoms with Crippen molar-refractivity contribution < 1.29 is 22.7 Å². The van der Waals surface area contributed by atoms with Crippen molar-refractivity contribution in [2.24, 2.45) is 0 Å². The van der Waals surface area contributed by atoms with E-state index in [2.05, 4.69) is 15.4 Å². The fourth-order valence-electron chi connectivity index (χ4n) is 3.15. The lowest BCUT2D eigenvalue weighted by Gasteiger charge is -2.12. The first-order chi connectivity index (χ1) is 14.8. The molecule has 4 rings (SSSR count). The van der Waals surface area contributed by atoms with Crippen LogP contribution in [0, 0.1) is 6.92 Å². The van der Waals surface area contributed by atoms with Crippen LogP contribution >= 0.6 is 0 Å².